The van der Waals surface area contributed by atoms with E-state index >= 15 is 0 Å². The van der Waals surface area contributed by atoms with E-state index in [2.05, 4.69) is 20.7 Å². The van der Waals surface area contributed by atoms with Crippen LogP contribution in [0.15, 0.2) is 61.2 Å². The van der Waals surface area contributed by atoms with Gasteiger partial charge in [0.05, 0.1) is 12.6 Å². The van der Waals surface area contributed by atoms with Crippen molar-refractivity contribution in [1.82, 2.24) is 20.1 Å². The van der Waals surface area contributed by atoms with Gasteiger partial charge in [0.15, 0.2) is 0 Å². The Morgan fingerprint density at radius 3 is 2.82 bits per heavy atom. The highest BCUT2D eigenvalue weighted by Crippen LogP contribution is 2.24. The molecule has 3 aromatic rings. The molecule has 1 aliphatic heterocycles. The summed E-state index contributed by atoms with van der Waals surface area (Å²) in [6.07, 6.45) is 5.17. The number of aryl methyl sites for hydroxylation is 1. The SMILES string of the molecule is O=C1CCCc2cc(C(=O)N[C@H](Cn3cncn3)c3ccccc3)ccc2N1. The maximum Gasteiger partial charge on any atom is 0.251 e. The maximum atomic E-state index is 12.9. The number of carbonyl (C=O) groups is 2. The molecule has 4 rings (SSSR count). The molecule has 7 nitrogen and oxygen atoms in total. The second-order valence-electron chi connectivity index (χ2n) is 6.83. The topological polar surface area (TPSA) is 88.9 Å². The van der Waals surface area contributed by atoms with Gasteiger partial charge in [-0.3, -0.25) is 14.3 Å². The van der Waals surface area contributed by atoms with Gasteiger partial charge in [-0.25, -0.2) is 4.98 Å². The average Bonchev–Trinajstić information content (AvgIpc) is 3.15. The van der Waals surface area contributed by atoms with Crippen molar-refractivity contribution in [3.63, 3.8) is 0 Å². The number of benzene rings is 2. The summed E-state index contributed by atoms with van der Waals surface area (Å²) >= 11 is 0. The molecule has 2 N–H and O–H groups in total. The number of rotatable bonds is 5. The fourth-order valence-corrected chi connectivity index (χ4v) is 3.39. The summed E-state index contributed by atoms with van der Waals surface area (Å²) in [4.78, 5) is 28.6. The number of amides is 2. The van der Waals surface area contributed by atoms with Crippen molar-refractivity contribution in [2.24, 2.45) is 0 Å². The molecule has 1 aliphatic rings. The molecule has 0 spiro atoms. The molecule has 0 radical (unpaired) electrons. The predicted molar refractivity (Wildman–Crippen MR) is 105 cm³/mol. The average molecular weight is 375 g/mol. The quantitative estimate of drug-likeness (QED) is 0.718. The number of hydrogen-bond acceptors (Lipinski definition) is 4. The lowest BCUT2D eigenvalue weighted by Crippen LogP contribution is -2.31. The van der Waals surface area contributed by atoms with Gasteiger partial charge in [0.1, 0.15) is 12.7 Å². The Morgan fingerprint density at radius 1 is 1.18 bits per heavy atom. The van der Waals surface area contributed by atoms with Crippen LogP contribution in [0, 0.1) is 0 Å². The van der Waals surface area contributed by atoms with Gasteiger partial charge in [-0.05, 0) is 42.2 Å². The van der Waals surface area contributed by atoms with Gasteiger partial charge in [-0.2, -0.15) is 5.10 Å². The minimum absolute atomic E-state index is 0.0212. The number of nitrogens with one attached hydrogen (secondary N) is 2. The summed E-state index contributed by atoms with van der Waals surface area (Å²) in [5, 5.41) is 10.2. The Labute approximate surface area is 162 Å². The maximum absolute atomic E-state index is 12.9. The van der Waals surface area contributed by atoms with Crippen LogP contribution in [-0.2, 0) is 17.8 Å². The zero-order valence-corrected chi connectivity index (χ0v) is 15.3. The first-order valence-corrected chi connectivity index (χ1v) is 9.30. The molecule has 2 heterocycles. The Kier molecular flexibility index (Phi) is 5.14. The van der Waals surface area contributed by atoms with Crippen molar-refractivity contribution in [3.05, 3.63) is 77.9 Å². The summed E-state index contributed by atoms with van der Waals surface area (Å²) < 4.78 is 1.70. The lowest BCUT2D eigenvalue weighted by atomic mass is 10.0. The number of aromatic nitrogens is 3. The highest BCUT2D eigenvalue weighted by Gasteiger charge is 2.19. The molecular weight excluding hydrogens is 354 g/mol. The van der Waals surface area contributed by atoms with Crippen LogP contribution in [0.3, 0.4) is 0 Å². The summed E-state index contributed by atoms with van der Waals surface area (Å²) in [5.41, 5.74) is 3.36. The number of nitrogens with zero attached hydrogens (tertiary/aromatic N) is 3. The summed E-state index contributed by atoms with van der Waals surface area (Å²) in [5.74, 6) is -0.139. The minimum Gasteiger partial charge on any atom is -0.343 e. The van der Waals surface area contributed by atoms with Crippen molar-refractivity contribution in [3.8, 4) is 0 Å². The predicted octanol–water partition coefficient (Wildman–Crippen LogP) is 2.72. The number of anilines is 1. The standard InChI is InChI=1S/C21H21N5O2/c27-20-8-4-7-16-11-17(9-10-18(16)24-20)21(28)25-19(12-26-14-22-13-23-26)15-5-2-1-3-6-15/h1-3,5-6,9-11,13-14,19H,4,7-8,12H2,(H,24,27)(H,25,28)/t19-/m1/s1. The Hall–Kier alpha value is -3.48. The highest BCUT2D eigenvalue weighted by molar-refractivity contribution is 5.97. The van der Waals surface area contributed by atoms with Crippen molar-refractivity contribution >= 4 is 17.5 Å². The van der Waals surface area contributed by atoms with E-state index in [1.165, 1.54) is 6.33 Å². The Morgan fingerprint density at radius 2 is 2.04 bits per heavy atom. The van der Waals surface area contributed by atoms with Crippen molar-refractivity contribution in [2.75, 3.05) is 5.32 Å². The molecule has 2 amide bonds. The Balaban J connectivity index is 1.56. The number of carbonyl (C=O) groups excluding carboxylic acids is 2. The van der Waals surface area contributed by atoms with Crippen LogP contribution in [0.5, 0.6) is 0 Å². The van der Waals surface area contributed by atoms with Crippen LogP contribution in [0.2, 0.25) is 0 Å². The fourth-order valence-electron chi connectivity index (χ4n) is 3.39. The van der Waals surface area contributed by atoms with E-state index in [9.17, 15) is 9.59 Å². The molecule has 0 saturated heterocycles. The van der Waals surface area contributed by atoms with Crippen LogP contribution >= 0.6 is 0 Å². The first-order chi connectivity index (χ1) is 13.7. The van der Waals surface area contributed by atoms with Crippen molar-refractivity contribution < 1.29 is 9.59 Å². The van der Waals surface area contributed by atoms with Crippen LogP contribution < -0.4 is 10.6 Å². The van der Waals surface area contributed by atoms with E-state index in [1.807, 2.05) is 42.5 Å². The Bertz CT molecular complexity index is 970. The molecule has 2 aromatic carbocycles. The summed E-state index contributed by atoms with van der Waals surface area (Å²) in [7, 11) is 0. The third kappa shape index (κ3) is 4.09. The second-order valence-corrected chi connectivity index (χ2v) is 6.83. The zero-order chi connectivity index (χ0) is 19.3. The minimum atomic E-state index is -0.242. The molecule has 0 aliphatic carbocycles. The van der Waals surface area contributed by atoms with E-state index in [-0.39, 0.29) is 17.9 Å². The summed E-state index contributed by atoms with van der Waals surface area (Å²) in [6.45, 7) is 0.483. The van der Waals surface area contributed by atoms with Gasteiger partial charge < -0.3 is 10.6 Å². The molecule has 0 bridgehead atoms. The zero-order valence-electron chi connectivity index (χ0n) is 15.3. The van der Waals surface area contributed by atoms with Crippen molar-refractivity contribution in [2.45, 2.75) is 31.8 Å². The molecule has 1 atom stereocenters. The van der Waals surface area contributed by atoms with Crippen molar-refractivity contribution in [1.29, 1.82) is 0 Å². The molecule has 7 heteroatoms. The smallest absolute Gasteiger partial charge is 0.251 e. The largest absolute Gasteiger partial charge is 0.343 e. The third-order valence-corrected chi connectivity index (χ3v) is 4.83. The van der Waals surface area contributed by atoms with Crippen LogP contribution in [0.25, 0.3) is 0 Å². The second kappa shape index (κ2) is 8.04. The number of fused-ring (bicyclic) bond motifs is 1. The lowest BCUT2D eigenvalue weighted by molar-refractivity contribution is -0.116. The molecule has 0 fully saturated rings. The molecule has 0 unspecified atom stereocenters. The molecule has 142 valence electrons. The van der Waals surface area contributed by atoms with Gasteiger partial charge in [-0.15, -0.1) is 0 Å². The molecular formula is C21H21N5O2. The molecule has 1 aromatic heterocycles. The normalized spacial score (nSPS) is 14.5. The van der Waals surface area contributed by atoms with Gasteiger partial charge in [0.2, 0.25) is 5.91 Å². The van der Waals surface area contributed by atoms with E-state index in [0.717, 1.165) is 29.7 Å². The third-order valence-electron chi connectivity index (χ3n) is 4.83. The molecule has 0 saturated carbocycles. The summed E-state index contributed by atoms with van der Waals surface area (Å²) in [6, 6.07) is 15.0. The lowest BCUT2D eigenvalue weighted by Gasteiger charge is -2.19. The first-order valence-electron chi connectivity index (χ1n) is 9.30. The van der Waals surface area contributed by atoms with E-state index in [1.54, 1.807) is 17.1 Å². The highest BCUT2D eigenvalue weighted by atomic mass is 16.2. The van der Waals surface area contributed by atoms with E-state index in [4.69, 9.17) is 0 Å². The van der Waals surface area contributed by atoms with Gasteiger partial charge in [0, 0.05) is 17.7 Å². The van der Waals surface area contributed by atoms with E-state index < -0.39 is 0 Å². The van der Waals surface area contributed by atoms with Gasteiger partial charge >= 0.3 is 0 Å². The van der Waals surface area contributed by atoms with Crippen LogP contribution in [0.4, 0.5) is 5.69 Å². The van der Waals surface area contributed by atoms with Crippen LogP contribution in [0.1, 0.15) is 40.4 Å². The first kappa shape index (κ1) is 17.9. The van der Waals surface area contributed by atoms with E-state index in [0.29, 0.717) is 18.5 Å². The van der Waals surface area contributed by atoms with Gasteiger partial charge in [-0.1, -0.05) is 30.3 Å². The molecule has 28 heavy (non-hydrogen) atoms. The van der Waals surface area contributed by atoms with Crippen LogP contribution in [-0.4, -0.2) is 26.6 Å². The monoisotopic (exact) mass is 375 g/mol. The number of hydrogen-bond donors (Lipinski definition) is 2. The van der Waals surface area contributed by atoms with Gasteiger partial charge in [0.25, 0.3) is 5.91 Å². The fraction of sp³-hybridized carbons (Fsp3) is 0.238.